The van der Waals surface area contributed by atoms with E-state index in [0.29, 0.717) is 76.3 Å². The summed E-state index contributed by atoms with van der Waals surface area (Å²) in [4.78, 5) is 56.9. The Morgan fingerprint density at radius 3 is 1.75 bits per heavy atom. The van der Waals surface area contributed by atoms with Crippen LogP contribution in [-0.2, 0) is 38.6 Å². The number of nitrogens with one attached hydrogen (secondary N) is 2. The van der Waals surface area contributed by atoms with Gasteiger partial charge in [0.25, 0.3) is 0 Å². The molecule has 14 heteroatoms. The van der Waals surface area contributed by atoms with Gasteiger partial charge < -0.3 is 34.6 Å². The molecule has 4 unspecified atom stereocenters. The number of ketones is 1. The lowest BCUT2D eigenvalue weighted by atomic mass is 9.66. The van der Waals surface area contributed by atoms with Crippen molar-refractivity contribution in [3.8, 4) is 17.2 Å². The van der Waals surface area contributed by atoms with Gasteiger partial charge in [0.15, 0.2) is 11.4 Å². The van der Waals surface area contributed by atoms with Crippen LogP contribution in [0.1, 0.15) is 78.7 Å². The van der Waals surface area contributed by atoms with Gasteiger partial charge in [-0.05, 0) is 156 Å². The molecule has 2 N–H and O–H groups in total. The fourth-order valence-corrected chi connectivity index (χ4v) is 12.7. The first-order valence-electron chi connectivity index (χ1n) is 24.4. The number of Topliss-reactive ketones (excluding diaryl/α,β-unsaturated/α-hetero) is 1. The molecule has 4 aliphatic heterocycles. The lowest BCUT2D eigenvalue weighted by molar-refractivity contribution is -0.158. The Morgan fingerprint density at radius 1 is 0.662 bits per heavy atom. The highest BCUT2D eigenvalue weighted by atomic mass is 19.3. The van der Waals surface area contributed by atoms with Gasteiger partial charge in [0, 0.05) is 37.0 Å². The van der Waals surface area contributed by atoms with Crippen LogP contribution in [0.5, 0.6) is 17.2 Å². The third-order valence-electron chi connectivity index (χ3n) is 16.5. The summed E-state index contributed by atoms with van der Waals surface area (Å²) < 4.78 is 43.4. The number of ether oxygens (including phenoxy) is 3. The Balaban J connectivity index is 1.19. The SMILES string of the molecule is COc1ccc(CCN2C(=O)C3(CCNCC3C3(c4ccc(OC(F)F)cc4)N(CCc4ccc(OC)cc4)C(=O)C4(CCNCC4)N3C)N(C)C2(C(=O)C2CC2)c2ccc(C3CC3)cc2)cc1. The third kappa shape index (κ3) is 7.39. The summed E-state index contributed by atoms with van der Waals surface area (Å²) in [5, 5.41) is 7.19. The minimum Gasteiger partial charge on any atom is -0.497 e. The number of halogens is 2. The van der Waals surface area contributed by atoms with E-state index in [1.165, 1.54) is 5.56 Å². The van der Waals surface area contributed by atoms with Gasteiger partial charge in [-0.15, -0.1) is 0 Å². The first-order valence-corrected chi connectivity index (χ1v) is 24.4. The van der Waals surface area contributed by atoms with Crippen LogP contribution in [0.3, 0.4) is 0 Å². The maximum Gasteiger partial charge on any atom is 0.387 e. The van der Waals surface area contributed by atoms with Gasteiger partial charge in [-0.3, -0.25) is 24.2 Å². The summed E-state index contributed by atoms with van der Waals surface area (Å²) >= 11 is 0. The molecule has 0 aromatic heterocycles. The zero-order valence-corrected chi connectivity index (χ0v) is 39.6. The molecule has 6 fully saturated rings. The number of hydrogen-bond acceptors (Lipinski definition) is 10. The zero-order chi connectivity index (χ0) is 47.4. The maximum atomic E-state index is 16.8. The molecule has 68 heavy (non-hydrogen) atoms. The van der Waals surface area contributed by atoms with Gasteiger partial charge in [0.05, 0.1) is 14.2 Å². The second-order valence-corrected chi connectivity index (χ2v) is 19.8. The number of carbonyl (C=O) groups is 3. The van der Waals surface area contributed by atoms with E-state index in [1.54, 1.807) is 38.5 Å². The van der Waals surface area contributed by atoms with E-state index >= 15 is 14.4 Å². The van der Waals surface area contributed by atoms with E-state index in [1.807, 2.05) is 72.4 Å². The number of amides is 2. The van der Waals surface area contributed by atoms with Crippen LogP contribution in [0.15, 0.2) is 97.1 Å². The molecule has 2 amide bonds. The van der Waals surface area contributed by atoms with Gasteiger partial charge in [-0.2, -0.15) is 8.78 Å². The average Bonchev–Trinajstić information content (AvgIpc) is 4.32. The van der Waals surface area contributed by atoms with Crippen molar-refractivity contribution in [2.24, 2.45) is 11.8 Å². The van der Waals surface area contributed by atoms with Crippen molar-refractivity contribution in [2.75, 3.05) is 67.6 Å². The number of nitrogens with zero attached hydrogens (tertiary/aromatic N) is 4. The molecule has 2 saturated carbocycles. The van der Waals surface area contributed by atoms with Crippen molar-refractivity contribution in [2.45, 2.75) is 92.7 Å². The van der Waals surface area contributed by atoms with Crippen LogP contribution in [0.2, 0.25) is 0 Å². The van der Waals surface area contributed by atoms with Gasteiger partial charge in [0.2, 0.25) is 11.8 Å². The fourth-order valence-electron chi connectivity index (χ4n) is 12.7. The smallest absolute Gasteiger partial charge is 0.387 e. The number of carbonyl (C=O) groups excluding carboxylic acids is 3. The second-order valence-electron chi connectivity index (χ2n) is 19.8. The molecule has 12 nitrogen and oxygen atoms in total. The molecule has 10 rings (SSSR count). The predicted octanol–water partition coefficient (Wildman–Crippen LogP) is 6.67. The van der Waals surface area contributed by atoms with Crippen LogP contribution in [-0.4, -0.2) is 122 Å². The van der Waals surface area contributed by atoms with Gasteiger partial charge in [-0.25, -0.2) is 0 Å². The molecule has 0 radical (unpaired) electrons. The van der Waals surface area contributed by atoms with Crippen molar-refractivity contribution < 1.29 is 37.4 Å². The van der Waals surface area contributed by atoms with Gasteiger partial charge >= 0.3 is 6.61 Å². The largest absolute Gasteiger partial charge is 0.497 e. The molecule has 360 valence electrons. The number of methoxy groups -OCH3 is 2. The molecular weight excluding hydrogens is 867 g/mol. The van der Waals surface area contributed by atoms with Gasteiger partial charge in [-0.1, -0.05) is 60.7 Å². The highest BCUT2D eigenvalue weighted by molar-refractivity contribution is 6.03. The van der Waals surface area contributed by atoms with E-state index < -0.39 is 34.9 Å². The lowest BCUT2D eigenvalue weighted by Gasteiger charge is -2.58. The highest BCUT2D eigenvalue weighted by Gasteiger charge is 2.77. The molecule has 6 aliphatic rings. The van der Waals surface area contributed by atoms with E-state index in [4.69, 9.17) is 14.2 Å². The van der Waals surface area contributed by atoms with Crippen LogP contribution in [0.25, 0.3) is 0 Å². The van der Waals surface area contributed by atoms with E-state index in [9.17, 15) is 8.78 Å². The van der Waals surface area contributed by atoms with Crippen LogP contribution in [0.4, 0.5) is 8.78 Å². The fraction of sp³-hybridized carbons (Fsp3) is 0.500. The number of rotatable bonds is 16. The minimum atomic E-state index is -3.03. The maximum absolute atomic E-state index is 16.8. The molecule has 4 aromatic carbocycles. The molecule has 4 atom stereocenters. The molecule has 0 bridgehead atoms. The molecule has 2 aliphatic carbocycles. The summed E-state index contributed by atoms with van der Waals surface area (Å²) in [7, 11) is 7.26. The van der Waals surface area contributed by atoms with Crippen molar-refractivity contribution in [3.63, 3.8) is 0 Å². The Hall–Kier alpha value is -5.41. The number of likely N-dealkylation sites (N-methyl/N-ethyl adjacent to an activating group) is 2. The van der Waals surface area contributed by atoms with E-state index in [2.05, 4.69) is 44.7 Å². The summed E-state index contributed by atoms with van der Waals surface area (Å²) in [6, 6.07) is 30.8. The van der Waals surface area contributed by atoms with Crippen molar-refractivity contribution in [1.82, 2.24) is 30.2 Å². The lowest BCUT2D eigenvalue weighted by Crippen LogP contribution is -2.73. The number of alkyl halides is 2. The number of benzene rings is 4. The Labute approximate surface area is 398 Å². The molecule has 4 aromatic rings. The highest BCUT2D eigenvalue weighted by Crippen LogP contribution is 2.61. The molecule has 4 heterocycles. The van der Waals surface area contributed by atoms with Crippen molar-refractivity contribution in [1.29, 1.82) is 0 Å². The molecule has 2 spiro atoms. The second kappa shape index (κ2) is 18.2. The topological polar surface area (TPSA) is 116 Å². The Kier molecular flexibility index (Phi) is 12.4. The summed E-state index contributed by atoms with van der Waals surface area (Å²) in [5.74, 6) is 0.848. The van der Waals surface area contributed by atoms with Crippen LogP contribution < -0.4 is 24.8 Å². The molecule has 4 saturated heterocycles. The first kappa shape index (κ1) is 46.3. The first-order chi connectivity index (χ1) is 32.9. The zero-order valence-electron chi connectivity index (χ0n) is 39.6. The van der Waals surface area contributed by atoms with Crippen molar-refractivity contribution in [3.05, 3.63) is 125 Å². The number of hydrogen-bond donors (Lipinski definition) is 2. The minimum absolute atomic E-state index is 0.00817. The summed E-state index contributed by atoms with van der Waals surface area (Å²) in [6.45, 7) is -0.443. The Morgan fingerprint density at radius 2 is 1.21 bits per heavy atom. The summed E-state index contributed by atoms with van der Waals surface area (Å²) in [6.07, 6.45) is 6.14. The monoisotopic (exact) mass is 930 g/mol. The molecular formula is C54H64F2N6O6. The normalized spacial score (nSPS) is 27.4. The standard InChI is InChI=1S/C54H64F2N6O6/c1-59-51(27-30-57-31-28-51)48(64)61(33-25-36-5-19-43(66-3)20-6-36)53(59,41-17-23-45(24-18-41)68-50(55)56)46-35-58-32-29-52(46)49(65)62(34-26-37-7-21-44(67-4)22-8-37)54(60(52)2,47(63)40-11-12-40)42-15-13-39(14-16-42)38-9-10-38/h5-8,13-24,38,40,46,50,57-58H,9-12,25-35H2,1-4H3. The Bertz CT molecular complexity index is 2480. The van der Waals surface area contributed by atoms with Crippen LogP contribution >= 0.6 is 0 Å². The van der Waals surface area contributed by atoms with Crippen LogP contribution in [0, 0.1) is 11.8 Å². The third-order valence-corrected chi connectivity index (χ3v) is 16.5. The van der Waals surface area contributed by atoms with Gasteiger partial charge in [0.1, 0.15) is 34.0 Å². The number of piperidine rings is 2. The van der Waals surface area contributed by atoms with E-state index in [-0.39, 0.29) is 35.8 Å². The average molecular weight is 931 g/mol. The predicted molar refractivity (Wildman–Crippen MR) is 253 cm³/mol. The van der Waals surface area contributed by atoms with Crippen molar-refractivity contribution >= 4 is 17.6 Å². The van der Waals surface area contributed by atoms with E-state index in [0.717, 1.165) is 53.9 Å². The quantitative estimate of drug-likeness (QED) is 0.126. The summed E-state index contributed by atoms with van der Waals surface area (Å²) in [5.41, 5.74) is -0.439.